The minimum absolute atomic E-state index is 0.228. The van der Waals surface area contributed by atoms with Crippen LogP contribution in [0.15, 0.2) is 0 Å². The summed E-state index contributed by atoms with van der Waals surface area (Å²) in [5.41, 5.74) is -0.867. The Labute approximate surface area is 166 Å². The molecule has 3 N–H and O–H groups in total. The Balaban J connectivity index is 3.01. The summed E-state index contributed by atoms with van der Waals surface area (Å²) in [6.07, 6.45) is 1.24. The van der Waals surface area contributed by atoms with E-state index < -0.39 is 35.9 Å². The van der Waals surface area contributed by atoms with E-state index in [4.69, 9.17) is 0 Å². The van der Waals surface area contributed by atoms with Crippen molar-refractivity contribution in [1.29, 1.82) is 0 Å². The lowest BCUT2D eigenvalue weighted by Crippen LogP contribution is -2.60. The first-order valence-corrected chi connectivity index (χ1v) is 9.69. The number of rotatable bonds is 9. The fourth-order valence-electron chi connectivity index (χ4n) is 3.39. The van der Waals surface area contributed by atoms with Crippen molar-refractivity contribution >= 4 is 23.7 Å². The SMILES string of the molecule is CNC(C)(C)C(=O)N(C)C(C(=O)N[C@@H](CC(=O)O)C(=O)N1CCCC1)C(C)C. The molecule has 1 heterocycles. The Morgan fingerprint density at radius 3 is 2.11 bits per heavy atom. The van der Waals surface area contributed by atoms with Crippen LogP contribution >= 0.6 is 0 Å². The van der Waals surface area contributed by atoms with E-state index in [1.807, 2.05) is 0 Å². The quantitative estimate of drug-likeness (QED) is 0.505. The number of nitrogens with zero attached hydrogens (tertiary/aromatic N) is 2. The predicted octanol–water partition coefficient (Wildman–Crippen LogP) is 0.0493. The molecule has 1 aliphatic heterocycles. The molecule has 9 heteroatoms. The normalized spacial score (nSPS) is 16.6. The zero-order valence-electron chi connectivity index (χ0n) is 17.7. The Kier molecular flexibility index (Phi) is 8.41. The highest BCUT2D eigenvalue weighted by atomic mass is 16.4. The summed E-state index contributed by atoms with van der Waals surface area (Å²) in [6.45, 7) is 8.15. The molecule has 1 unspecified atom stereocenters. The van der Waals surface area contributed by atoms with Gasteiger partial charge >= 0.3 is 5.97 Å². The van der Waals surface area contributed by atoms with Crippen molar-refractivity contribution in [2.45, 2.75) is 64.6 Å². The number of nitrogens with one attached hydrogen (secondary N) is 2. The molecule has 0 radical (unpaired) electrons. The molecule has 1 rings (SSSR count). The standard InChI is InChI=1S/C19H34N4O5/c1-12(2)15(22(6)18(28)19(3,4)20-5)16(26)21-13(11-14(24)25)17(27)23-9-7-8-10-23/h12-13,15,20H,7-11H2,1-6H3,(H,21,26)(H,24,25)/t13-,15?/m0/s1. The molecule has 2 atom stereocenters. The molecule has 0 aromatic rings. The zero-order valence-corrected chi connectivity index (χ0v) is 17.7. The van der Waals surface area contributed by atoms with E-state index in [2.05, 4.69) is 10.6 Å². The lowest BCUT2D eigenvalue weighted by molar-refractivity contribution is -0.147. The van der Waals surface area contributed by atoms with Gasteiger partial charge in [-0.1, -0.05) is 13.8 Å². The van der Waals surface area contributed by atoms with Crippen molar-refractivity contribution in [3.8, 4) is 0 Å². The lowest BCUT2D eigenvalue weighted by Gasteiger charge is -2.36. The molecule has 9 nitrogen and oxygen atoms in total. The van der Waals surface area contributed by atoms with Crippen molar-refractivity contribution in [2.24, 2.45) is 5.92 Å². The molecular weight excluding hydrogens is 364 g/mol. The molecule has 0 aromatic heterocycles. The molecular formula is C19H34N4O5. The Bertz CT molecular complexity index is 599. The van der Waals surface area contributed by atoms with E-state index in [9.17, 15) is 24.3 Å². The number of hydrogen-bond donors (Lipinski definition) is 3. The first-order chi connectivity index (χ1) is 12.9. The van der Waals surface area contributed by atoms with Crippen molar-refractivity contribution in [1.82, 2.24) is 20.4 Å². The van der Waals surface area contributed by atoms with E-state index in [1.54, 1.807) is 46.7 Å². The van der Waals surface area contributed by atoms with Gasteiger partial charge in [-0.15, -0.1) is 0 Å². The highest BCUT2D eigenvalue weighted by Crippen LogP contribution is 2.16. The maximum Gasteiger partial charge on any atom is 0.305 e. The van der Waals surface area contributed by atoms with E-state index in [0.29, 0.717) is 13.1 Å². The first kappa shape index (κ1) is 23.9. The number of hydrogen-bond acceptors (Lipinski definition) is 5. The van der Waals surface area contributed by atoms with Crippen LogP contribution < -0.4 is 10.6 Å². The van der Waals surface area contributed by atoms with Crippen LogP contribution in [0.3, 0.4) is 0 Å². The molecule has 1 fully saturated rings. The number of carboxylic acids is 1. The van der Waals surface area contributed by atoms with Gasteiger partial charge in [0.05, 0.1) is 12.0 Å². The molecule has 0 spiro atoms. The van der Waals surface area contributed by atoms with Crippen LogP contribution in [0.2, 0.25) is 0 Å². The molecule has 3 amide bonds. The number of carboxylic acid groups (broad SMARTS) is 1. The predicted molar refractivity (Wildman–Crippen MR) is 105 cm³/mol. The van der Waals surface area contributed by atoms with Crippen molar-refractivity contribution in [3.63, 3.8) is 0 Å². The lowest BCUT2D eigenvalue weighted by atomic mass is 9.97. The van der Waals surface area contributed by atoms with Gasteiger partial charge in [0.15, 0.2) is 0 Å². The first-order valence-electron chi connectivity index (χ1n) is 9.69. The maximum atomic E-state index is 13.0. The van der Waals surface area contributed by atoms with E-state index in [1.165, 1.54) is 4.90 Å². The van der Waals surface area contributed by atoms with Crippen LogP contribution in [-0.2, 0) is 19.2 Å². The summed E-state index contributed by atoms with van der Waals surface area (Å²) in [6, 6.07) is -1.98. The number of aliphatic carboxylic acids is 1. The average molecular weight is 399 g/mol. The molecule has 160 valence electrons. The van der Waals surface area contributed by atoms with Gasteiger partial charge in [0.25, 0.3) is 0 Å². The van der Waals surface area contributed by atoms with E-state index >= 15 is 0 Å². The Morgan fingerprint density at radius 2 is 1.68 bits per heavy atom. The van der Waals surface area contributed by atoms with Gasteiger partial charge in [0, 0.05) is 20.1 Å². The third-order valence-corrected chi connectivity index (χ3v) is 5.21. The molecule has 0 bridgehead atoms. The van der Waals surface area contributed by atoms with E-state index in [0.717, 1.165) is 12.8 Å². The fourth-order valence-corrected chi connectivity index (χ4v) is 3.39. The monoisotopic (exact) mass is 398 g/mol. The van der Waals surface area contributed by atoms with Gasteiger partial charge in [0.1, 0.15) is 12.1 Å². The molecule has 0 aromatic carbocycles. The smallest absolute Gasteiger partial charge is 0.305 e. The second-order valence-corrected chi connectivity index (χ2v) is 8.17. The van der Waals surface area contributed by atoms with E-state index in [-0.39, 0.29) is 17.7 Å². The van der Waals surface area contributed by atoms with Crippen molar-refractivity contribution < 1.29 is 24.3 Å². The second kappa shape index (κ2) is 9.86. The van der Waals surface area contributed by atoms with Crippen LogP contribution in [-0.4, -0.2) is 83.4 Å². The largest absolute Gasteiger partial charge is 0.481 e. The highest BCUT2D eigenvalue weighted by Gasteiger charge is 2.38. The average Bonchev–Trinajstić information content (AvgIpc) is 3.13. The van der Waals surface area contributed by atoms with Gasteiger partial charge in [-0.05, 0) is 39.7 Å². The number of likely N-dealkylation sites (N-methyl/N-ethyl adjacent to an activating group) is 2. The van der Waals surface area contributed by atoms with Gasteiger partial charge in [-0.3, -0.25) is 19.2 Å². The van der Waals surface area contributed by atoms with Crippen molar-refractivity contribution in [3.05, 3.63) is 0 Å². The number of amides is 3. The maximum absolute atomic E-state index is 13.0. The van der Waals surface area contributed by atoms with Gasteiger partial charge in [-0.2, -0.15) is 0 Å². The van der Waals surface area contributed by atoms with Crippen LogP contribution in [0, 0.1) is 5.92 Å². The number of carbonyl (C=O) groups excluding carboxylic acids is 3. The minimum atomic E-state index is -1.17. The van der Waals surface area contributed by atoms with Gasteiger partial charge in [0.2, 0.25) is 17.7 Å². The second-order valence-electron chi connectivity index (χ2n) is 8.17. The molecule has 1 saturated heterocycles. The van der Waals surface area contributed by atoms with Crippen molar-refractivity contribution in [2.75, 3.05) is 27.2 Å². The van der Waals surface area contributed by atoms with Gasteiger partial charge in [-0.25, -0.2) is 0 Å². The molecule has 0 saturated carbocycles. The summed E-state index contributed by atoms with van der Waals surface area (Å²) >= 11 is 0. The summed E-state index contributed by atoms with van der Waals surface area (Å²) in [4.78, 5) is 52.6. The summed E-state index contributed by atoms with van der Waals surface area (Å²) in [7, 11) is 3.20. The third-order valence-electron chi connectivity index (χ3n) is 5.21. The van der Waals surface area contributed by atoms with Crippen LogP contribution in [0.25, 0.3) is 0 Å². The third kappa shape index (κ3) is 5.92. The topological polar surface area (TPSA) is 119 Å². The highest BCUT2D eigenvalue weighted by molar-refractivity contribution is 5.95. The summed E-state index contributed by atoms with van der Waals surface area (Å²) in [5.74, 6) is -2.59. The molecule has 1 aliphatic rings. The summed E-state index contributed by atoms with van der Waals surface area (Å²) in [5, 5.41) is 14.7. The Hall–Kier alpha value is -2.16. The zero-order chi connectivity index (χ0) is 21.6. The number of likely N-dealkylation sites (tertiary alicyclic amines) is 1. The fraction of sp³-hybridized carbons (Fsp3) is 0.789. The van der Waals surface area contributed by atoms with Crippen LogP contribution in [0.1, 0.15) is 47.0 Å². The van der Waals surface area contributed by atoms with Crippen LogP contribution in [0.5, 0.6) is 0 Å². The minimum Gasteiger partial charge on any atom is -0.481 e. The Morgan fingerprint density at radius 1 is 1.14 bits per heavy atom. The molecule has 28 heavy (non-hydrogen) atoms. The summed E-state index contributed by atoms with van der Waals surface area (Å²) < 4.78 is 0. The van der Waals surface area contributed by atoms with Crippen LogP contribution in [0.4, 0.5) is 0 Å². The molecule has 0 aliphatic carbocycles. The van der Waals surface area contributed by atoms with Gasteiger partial charge < -0.3 is 25.5 Å². The number of carbonyl (C=O) groups is 4.